The topological polar surface area (TPSA) is 165 Å². The van der Waals surface area contributed by atoms with Gasteiger partial charge in [0.2, 0.25) is 11.8 Å². The molecule has 4 amide bonds. The van der Waals surface area contributed by atoms with Crippen LogP contribution in [0.15, 0.2) is 60.7 Å². The first kappa shape index (κ1) is 48.4. The number of carbonyl (C=O) groups is 4. The third-order valence-electron chi connectivity index (χ3n) is 11.4. The minimum absolute atomic E-state index is 0.312. The van der Waals surface area contributed by atoms with Gasteiger partial charge in [-0.15, -0.1) is 0 Å². The van der Waals surface area contributed by atoms with Crippen LogP contribution >= 0.6 is 0 Å². The van der Waals surface area contributed by atoms with Crippen LogP contribution in [0.3, 0.4) is 0 Å². The Morgan fingerprint density at radius 1 is 0.446 bits per heavy atom. The first-order chi connectivity index (χ1) is 31.5. The fraction of sp³-hybridized carbons (Fsp3) is 0.462. The molecule has 1 heterocycles. The Morgan fingerprint density at radius 2 is 0.738 bits per heavy atom. The van der Waals surface area contributed by atoms with Crippen molar-refractivity contribution in [3.8, 4) is 23.0 Å². The number of amides is 4. The van der Waals surface area contributed by atoms with Gasteiger partial charge >= 0.3 is 0 Å². The van der Waals surface area contributed by atoms with Crippen LogP contribution in [-0.2, 0) is 35.3 Å². The van der Waals surface area contributed by atoms with Gasteiger partial charge in [0.25, 0.3) is 11.8 Å². The van der Waals surface area contributed by atoms with E-state index in [1.165, 1.54) is 0 Å². The van der Waals surface area contributed by atoms with Crippen LogP contribution in [-0.4, -0.2) is 88.3 Å². The zero-order valence-electron chi connectivity index (χ0n) is 39.0. The Hall–Kier alpha value is -6.08. The summed E-state index contributed by atoms with van der Waals surface area (Å²) in [5, 5.41) is 14.9. The molecule has 0 spiro atoms. The molecule has 4 aromatic carbocycles. The lowest BCUT2D eigenvalue weighted by Crippen LogP contribution is -2.47. The van der Waals surface area contributed by atoms with Gasteiger partial charge in [0.05, 0.1) is 26.4 Å². The summed E-state index contributed by atoms with van der Waals surface area (Å²) >= 11 is 0. The smallest absolute Gasteiger partial charge is 0.251 e. The molecule has 2 aliphatic rings. The lowest BCUT2D eigenvalue weighted by molar-refractivity contribution is -0.123. The van der Waals surface area contributed by atoms with E-state index >= 15 is 0 Å². The predicted molar refractivity (Wildman–Crippen MR) is 253 cm³/mol. The molecule has 348 valence electrons. The van der Waals surface area contributed by atoms with E-state index in [1.54, 1.807) is 13.8 Å². The van der Waals surface area contributed by atoms with E-state index in [2.05, 4.69) is 54.3 Å². The van der Waals surface area contributed by atoms with Crippen LogP contribution in [0.5, 0.6) is 23.0 Å². The van der Waals surface area contributed by atoms with Gasteiger partial charge in [0, 0.05) is 63.0 Å². The molecule has 65 heavy (non-hydrogen) atoms. The summed E-state index contributed by atoms with van der Waals surface area (Å²) in [7, 11) is 0. The van der Waals surface area contributed by atoms with Crippen LogP contribution in [0.1, 0.15) is 132 Å². The first-order valence-electron chi connectivity index (χ1n) is 23.5. The molecule has 13 heteroatoms. The van der Waals surface area contributed by atoms with Crippen molar-refractivity contribution in [3.63, 3.8) is 0 Å². The summed E-state index contributed by atoms with van der Waals surface area (Å²) in [6.45, 7) is 15.0. The van der Waals surface area contributed by atoms with Crippen molar-refractivity contribution in [2.24, 2.45) is 0 Å². The Bertz CT molecular complexity index is 2060. The summed E-state index contributed by atoms with van der Waals surface area (Å²) in [5.41, 5.74) is 7.59. The Balaban J connectivity index is 1.65. The Kier molecular flexibility index (Phi) is 17.7. The van der Waals surface area contributed by atoms with E-state index in [9.17, 15) is 19.2 Å². The van der Waals surface area contributed by atoms with Crippen molar-refractivity contribution in [3.05, 3.63) is 116 Å². The first-order valence-corrected chi connectivity index (χ1v) is 23.5. The standard InChI is InChI=1S/C52H67N5O8/c1-7-21-62-45-35-13-11-14-36(45)26-40-30-44-32-42(48(40)65-24-10-4)28-38-16-12-15-37(46(38)63-22-8-2)27-41-31-43(29-39(25-35)47(41)64-23-9-3)51(60)56-33(5)49(58)54-19-17-53-18-20-55-50(59)34(6)57-52(44)61/h11-16,29-34,53H,7-10,17-28H2,1-6H3,(H,54,58)(H,55,59)(H,56,60)(H,57,61)/t33-,34-/m0/s1. The highest BCUT2D eigenvalue weighted by atomic mass is 16.5. The second kappa shape index (κ2) is 23.7. The normalized spacial score (nSPS) is 17.3. The maximum absolute atomic E-state index is 14.3. The largest absolute Gasteiger partial charge is 0.493 e. The van der Waals surface area contributed by atoms with E-state index in [4.69, 9.17) is 18.9 Å². The van der Waals surface area contributed by atoms with Gasteiger partial charge < -0.3 is 45.5 Å². The number of benzene rings is 4. The molecule has 0 unspecified atom stereocenters. The van der Waals surface area contributed by atoms with Gasteiger partial charge in [-0.2, -0.15) is 0 Å². The Morgan fingerprint density at radius 3 is 1.03 bits per heavy atom. The summed E-state index contributed by atoms with van der Waals surface area (Å²) in [4.78, 5) is 55.1. The maximum Gasteiger partial charge on any atom is 0.251 e. The molecular formula is C52H67N5O8. The minimum atomic E-state index is -0.828. The molecule has 6 rings (SSSR count). The zero-order valence-corrected chi connectivity index (χ0v) is 39.0. The van der Waals surface area contributed by atoms with Crippen molar-refractivity contribution >= 4 is 23.6 Å². The number of rotatable bonds is 12. The van der Waals surface area contributed by atoms with E-state index in [-0.39, 0.29) is 23.6 Å². The molecule has 10 bridgehead atoms. The summed E-state index contributed by atoms with van der Waals surface area (Å²) in [6, 6.07) is 18.0. The molecule has 0 aromatic heterocycles. The van der Waals surface area contributed by atoms with E-state index in [0.717, 1.165) is 70.2 Å². The number of fused-ring (bicyclic) bond motifs is 6. The molecule has 0 fully saturated rings. The number of hydrogen-bond donors (Lipinski definition) is 5. The van der Waals surface area contributed by atoms with Crippen molar-refractivity contribution in [2.75, 3.05) is 52.6 Å². The van der Waals surface area contributed by atoms with Crippen molar-refractivity contribution in [1.29, 1.82) is 0 Å². The number of nitrogens with one attached hydrogen (secondary N) is 5. The molecule has 4 aromatic rings. The highest BCUT2D eigenvalue weighted by Gasteiger charge is 2.26. The number of ether oxygens (including phenoxy) is 4. The van der Waals surface area contributed by atoms with Crippen molar-refractivity contribution < 1.29 is 38.1 Å². The van der Waals surface area contributed by atoms with Crippen LogP contribution in [0, 0.1) is 0 Å². The molecule has 1 aliphatic carbocycles. The highest BCUT2D eigenvalue weighted by molar-refractivity contribution is 5.99. The van der Waals surface area contributed by atoms with Crippen molar-refractivity contribution in [2.45, 2.75) is 105 Å². The predicted octanol–water partition coefficient (Wildman–Crippen LogP) is 6.59. The molecule has 13 nitrogen and oxygen atoms in total. The molecule has 5 N–H and O–H groups in total. The monoisotopic (exact) mass is 889 g/mol. The van der Waals surface area contributed by atoms with Crippen LogP contribution < -0.4 is 45.5 Å². The lowest BCUT2D eigenvalue weighted by atomic mass is 9.89. The summed E-state index contributed by atoms with van der Waals surface area (Å²) in [5.74, 6) is 1.39. The molecule has 0 radical (unpaired) electrons. The minimum Gasteiger partial charge on any atom is -0.493 e. The summed E-state index contributed by atoms with van der Waals surface area (Å²) in [6.07, 6.45) is 4.58. The zero-order chi connectivity index (χ0) is 46.3. The van der Waals surface area contributed by atoms with Gasteiger partial charge in [0.15, 0.2) is 0 Å². The second-order valence-electron chi connectivity index (χ2n) is 16.9. The molecule has 0 saturated carbocycles. The fourth-order valence-electron chi connectivity index (χ4n) is 8.18. The SMILES string of the molecule is CCCOc1c2cccc1Cc1cc3cc(c1OCCC)Cc1cccc(c1OCCC)Cc1cc(cc(c1OCCC)C2)C(=O)N[C@@H](C)C(=O)NCCNCCNC(=O)[C@H](C)NC3=O. The average Bonchev–Trinajstić information content (AvgIpc) is 3.29. The number of para-hydroxylation sites is 2. The Labute approximate surface area is 384 Å². The molecule has 2 atom stereocenters. The molecular weight excluding hydrogens is 823 g/mol. The average molecular weight is 890 g/mol. The van der Waals surface area contributed by atoms with Crippen LogP contribution in [0.25, 0.3) is 0 Å². The van der Waals surface area contributed by atoms with E-state index < -0.39 is 12.1 Å². The molecule has 0 saturated heterocycles. The summed E-state index contributed by atoms with van der Waals surface area (Å²) < 4.78 is 26.7. The van der Waals surface area contributed by atoms with Crippen molar-refractivity contribution in [1.82, 2.24) is 26.6 Å². The van der Waals surface area contributed by atoms with Gasteiger partial charge in [-0.1, -0.05) is 64.1 Å². The molecule has 1 aliphatic heterocycles. The highest BCUT2D eigenvalue weighted by Crippen LogP contribution is 2.40. The fourth-order valence-corrected chi connectivity index (χ4v) is 8.18. The van der Waals surface area contributed by atoms with Gasteiger partial charge in [-0.05, 0) is 108 Å². The second-order valence-corrected chi connectivity index (χ2v) is 16.9. The van der Waals surface area contributed by atoms with Gasteiger partial charge in [-0.3, -0.25) is 19.2 Å². The van der Waals surface area contributed by atoms with Gasteiger partial charge in [0.1, 0.15) is 35.1 Å². The van der Waals surface area contributed by atoms with Crippen LogP contribution in [0.2, 0.25) is 0 Å². The quantitative estimate of drug-likeness (QED) is 0.0930. The third kappa shape index (κ3) is 12.6. The van der Waals surface area contributed by atoms with E-state index in [0.29, 0.717) is 112 Å². The number of carbonyl (C=O) groups excluding carboxylic acids is 4. The third-order valence-corrected chi connectivity index (χ3v) is 11.4. The lowest BCUT2D eigenvalue weighted by Gasteiger charge is -2.24. The van der Waals surface area contributed by atoms with E-state index in [1.807, 2.05) is 60.7 Å². The maximum atomic E-state index is 14.3. The van der Waals surface area contributed by atoms with Crippen LogP contribution in [0.4, 0.5) is 0 Å². The number of hydrogen-bond acceptors (Lipinski definition) is 9. The van der Waals surface area contributed by atoms with Gasteiger partial charge in [-0.25, -0.2) is 0 Å².